The number of nitrogens with one attached hydrogen (secondary N) is 3. The molecule has 0 bridgehead atoms. The molecule has 0 unspecified atom stereocenters. The van der Waals surface area contributed by atoms with Gasteiger partial charge in [0.1, 0.15) is 0 Å². The van der Waals surface area contributed by atoms with E-state index in [1.165, 1.54) is 11.8 Å². The van der Waals surface area contributed by atoms with Gasteiger partial charge in [0.25, 0.3) is 5.91 Å². The van der Waals surface area contributed by atoms with Crippen molar-refractivity contribution in [3.8, 4) is 0 Å². The number of hydrogen-bond acceptors (Lipinski definition) is 4. The number of carbonyl (C=O) groups excluding carboxylic acids is 1. The summed E-state index contributed by atoms with van der Waals surface area (Å²) in [5, 5.41) is 13.9. The fourth-order valence-electron chi connectivity index (χ4n) is 3.05. The Morgan fingerprint density at radius 1 is 1.17 bits per heavy atom. The highest BCUT2D eigenvalue weighted by molar-refractivity contribution is 6.02. The summed E-state index contributed by atoms with van der Waals surface area (Å²) >= 11 is 0. The van der Waals surface area contributed by atoms with Gasteiger partial charge in [0.2, 0.25) is 0 Å². The molecular weight excluding hydrogens is 380 g/mol. The number of amides is 1. The highest BCUT2D eigenvalue weighted by atomic mass is 16.3. The average Bonchev–Trinajstić information content (AvgIpc) is 3.35. The lowest BCUT2D eigenvalue weighted by molar-refractivity contribution is 0.0996. The molecule has 2 heterocycles. The second-order valence-electron chi connectivity index (χ2n) is 6.95. The fraction of sp³-hybridized carbons (Fsp3) is 0.318. The van der Waals surface area contributed by atoms with Crippen molar-refractivity contribution in [2.45, 2.75) is 33.9 Å². The van der Waals surface area contributed by atoms with E-state index in [-0.39, 0.29) is 11.7 Å². The first-order chi connectivity index (χ1) is 14.5. The minimum Gasteiger partial charge on any atom is -0.459 e. The maximum Gasteiger partial charge on any atom is 0.291 e. The van der Waals surface area contributed by atoms with E-state index in [9.17, 15) is 4.79 Å². The molecule has 0 saturated heterocycles. The smallest absolute Gasteiger partial charge is 0.291 e. The van der Waals surface area contributed by atoms with Gasteiger partial charge in [-0.1, -0.05) is 12.1 Å². The molecule has 158 valence electrons. The van der Waals surface area contributed by atoms with Crippen molar-refractivity contribution in [3.63, 3.8) is 0 Å². The Kier molecular flexibility index (Phi) is 6.90. The maximum atomic E-state index is 12.0. The molecule has 0 atom stereocenters. The molecule has 3 N–H and O–H groups in total. The molecule has 1 aromatic carbocycles. The molecule has 30 heavy (non-hydrogen) atoms. The van der Waals surface area contributed by atoms with Gasteiger partial charge in [-0.15, -0.1) is 0 Å². The van der Waals surface area contributed by atoms with E-state index in [4.69, 9.17) is 4.42 Å². The van der Waals surface area contributed by atoms with Crippen LogP contribution in [0.3, 0.4) is 0 Å². The third kappa shape index (κ3) is 5.28. The summed E-state index contributed by atoms with van der Waals surface area (Å²) in [6.45, 7) is 8.07. The predicted molar refractivity (Wildman–Crippen MR) is 117 cm³/mol. The van der Waals surface area contributed by atoms with Crippen LogP contribution in [0.1, 0.15) is 40.0 Å². The third-order valence-corrected chi connectivity index (χ3v) is 4.81. The molecule has 2 aromatic heterocycles. The molecule has 1 amide bonds. The summed E-state index contributed by atoms with van der Waals surface area (Å²) in [4.78, 5) is 16.7. The van der Waals surface area contributed by atoms with E-state index in [0.29, 0.717) is 18.8 Å². The van der Waals surface area contributed by atoms with Gasteiger partial charge in [0.05, 0.1) is 18.5 Å². The Morgan fingerprint density at radius 2 is 1.93 bits per heavy atom. The number of carbonyl (C=O) groups is 1. The number of aliphatic imine (C=N–C) groups is 1. The molecule has 0 aliphatic rings. The molecule has 0 aliphatic heterocycles. The molecule has 0 radical (unpaired) electrons. The monoisotopic (exact) mass is 408 g/mol. The lowest BCUT2D eigenvalue weighted by Crippen LogP contribution is -2.37. The summed E-state index contributed by atoms with van der Waals surface area (Å²) in [6, 6.07) is 10.9. The van der Waals surface area contributed by atoms with Crippen molar-refractivity contribution in [2.24, 2.45) is 12.0 Å². The second-order valence-corrected chi connectivity index (χ2v) is 6.95. The topological polar surface area (TPSA) is 96.5 Å². The molecule has 8 nitrogen and oxygen atoms in total. The number of benzene rings is 1. The second kappa shape index (κ2) is 9.78. The fourth-order valence-corrected chi connectivity index (χ4v) is 3.05. The zero-order valence-electron chi connectivity index (χ0n) is 17.8. The van der Waals surface area contributed by atoms with Crippen molar-refractivity contribution >= 4 is 17.6 Å². The van der Waals surface area contributed by atoms with Gasteiger partial charge >= 0.3 is 0 Å². The van der Waals surface area contributed by atoms with Gasteiger partial charge in [-0.25, -0.2) is 4.99 Å². The molecule has 0 aliphatic carbocycles. The van der Waals surface area contributed by atoms with Gasteiger partial charge in [0.15, 0.2) is 11.7 Å². The number of rotatable bonds is 7. The summed E-state index contributed by atoms with van der Waals surface area (Å²) in [6.07, 6.45) is 1.48. The van der Waals surface area contributed by atoms with E-state index < -0.39 is 0 Å². The molecule has 0 fully saturated rings. The van der Waals surface area contributed by atoms with Crippen molar-refractivity contribution in [3.05, 3.63) is 70.9 Å². The van der Waals surface area contributed by atoms with Gasteiger partial charge in [0, 0.05) is 37.1 Å². The number of nitrogens with zero attached hydrogens (tertiary/aromatic N) is 3. The van der Waals surface area contributed by atoms with Crippen LogP contribution in [0.5, 0.6) is 0 Å². The van der Waals surface area contributed by atoms with Crippen LogP contribution in [0, 0.1) is 13.8 Å². The van der Waals surface area contributed by atoms with E-state index in [1.807, 2.05) is 49.8 Å². The molecule has 0 saturated carbocycles. The zero-order chi connectivity index (χ0) is 21.5. The first kappa shape index (κ1) is 21.2. The lowest BCUT2D eigenvalue weighted by atomic mass is 10.2. The van der Waals surface area contributed by atoms with Gasteiger partial charge in [-0.2, -0.15) is 5.10 Å². The first-order valence-corrected chi connectivity index (χ1v) is 9.93. The van der Waals surface area contributed by atoms with Crippen LogP contribution < -0.4 is 16.0 Å². The van der Waals surface area contributed by atoms with E-state index in [1.54, 1.807) is 12.1 Å². The van der Waals surface area contributed by atoms with Crippen LogP contribution >= 0.6 is 0 Å². The summed E-state index contributed by atoms with van der Waals surface area (Å²) < 4.78 is 6.99. The molecular formula is C22H28N6O2. The van der Waals surface area contributed by atoms with Gasteiger partial charge < -0.3 is 20.4 Å². The van der Waals surface area contributed by atoms with Crippen LogP contribution in [0.25, 0.3) is 0 Å². The zero-order valence-corrected chi connectivity index (χ0v) is 17.8. The van der Waals surface area contributed by atoms with Crippen LogP contribution in [0.4, 0.5) is 5.69 Å². The van der Waals surface area contributed by atoms with Gasteiger partial charge in [-0.3, -0.25) is 9.48 Å². The SMILES string of the molecule is CCNC(=NCc1ccc(NC(=O)c2ccco2)cc1)NCc1c(C)nn(C)c1C. The number of anilines is 1. The first-order valence-electron chi connectivity index (χ1n) is 9.93. The highest BCUT2D eigenvalue weighted by Gasteiger charge is 2.10. The largest absolute Gasteiger partial charge is 0.459 e. The van der Waals surface area contributed by atoms with E-state index in [2.05, 4.69) is 33.0 Å². The standard InChI is InChI=1S/C22H28N6O2/c1-5-23-22(25-14-19-15(2)27-28(4)16(19)3)24-13-17-8-10-18(11-9-17)26-21(29)20-7-6-12-30-20/h6-12H,5,13-14H2,1-4H3,(H,26,29)(H2,23,24,25). The number of furan rings is 1. The van der Waals surface area contributed by atoms with E-state index in [0.717, 1.165) is 29.5 Å². The van der Waals surface area contributed by atoms with Crippen molar-refractivity contribution < 1.29 is 9.21 Å². The van der Waals surface area contributed by atoms with Crippen LogP contribution in [-0.4, -0.2) is 28.2 Å². The average molecular weight is 409 g/mol. The van der Waals surface area contributed by atoms with Gasteiger partial charge in [-0.05, 0) is 50.6 Å². The van der Waals surface area contributed by atoms with Crippen molar-refractivity contribution in [1.82, 2.24) is 20.4 Å². The normalized spacial score (nSPS) is 11.4. The molecule has 3 rings (SSSR count). The van der Waals surface area contributed by atoms with E-state index >= 15 is 0 Å². The molecule has 3 aromatic rings. The third-order valence-electron chi connectivity index (χ3n) is 4.81. The Morgan fingerprint density at radius 3 is 2.53 bits per heavy atom. The number of guanidine groups is 1. The Labute approximate surface area is 176 Å². The maximum absolute atomic E-state index is 12.0. The van der Waals surface area contributed by atoms with Crippen molar-refractivity contribution in [1.29, 1.82) is 0 Å². The summed E-state index contributed by atoms with van der Waals surface area (Å²) in [7, 11) is 1.95. The molecule has 0 spiro atoms. The minimum absolute atomic E-state index is 0.273. The number of hydrogen-bond donors (Lipinski definition) is 3. The Balaban J connectivity index is 1.59. The Hall–Kier alpha value is -3.55. The minimum atomic E-state index is -0.273. The summed E-state index contributed by atoms with van der Waals surface area (Å²) in [5.74, 6) is 0.755. The quantitative estimate of drug-likeness (QED) is 0.412. The molecule has 8 heteroatoms. The predicted octanol–water partition coefficient (Wildman–Crippen LogP) is 3.14. The van der Waals surface area contributed by atoms with Crippen LogP contribution in [0.2, 0.25) is 0 Å². The van der Waals surface area contributed by atoms with Crippen molar-refractivity contribution in [2.75, 3.05) is 11.9 Å². The summed E-state index contributed by atoms with van der Waals surface area (Å²) in [5.41, 5.74) is 5.09. The Bertz CT molecular complexity index is 1000. The highest BCUT2D eigenvalue weighted by Crippen LogP contribution is 2.13. The van der Waals surface area contributed by atoms with Crippen LogP contribution in [0.15, 0.2) is 52.1 Å². The van der Waals surface area contributed by atoms with Crippen LogP contribution in [-0.2, 0) is 20.1 Å². The number of aromatic nitrogens is 2. The number of aryl methyl sites for hydroxylation is 2. The lowest BCUT2D eigenvalue weighted by Gasteiger charge is -2.12.